The van der Waals surface area contributed by atoms with E-state index in [1.165, 1.54) is 0 Å². The third kappa shape index (κ3) is 11.2. The van der Waals surface area contributed by atoms with Gasteiger partial charge in [0.25, 0.3) is 0 Å². The predicted molar refractivity (Wildman–Crippen MR) is 235 cm³/mol. The number of hydrogen-bond donors (Lipinski definition) is 0. The maximum absolute atomic E-state index is 9.03. The van der Waals surface area contributed by atoms with E-state index in [9.17, 15) is 0 Å². The van der Waals surface area contributed by atoms with Crippen LogP contribution in [0, 0.1) is 105 Å². The number of benzene rings is 7. The van der Waals surface area contributed by atoms with Gasteiger partial charge in [-0.1, -0.05) is 71.0 Å². The van der Waals surface area contributed by atoms with Crippen LogP contribution in [0.5, 0.6) is 0 Å². The highest BCUT2D eigenvalue weighted by Crippen LogP contribution is 2.12. The fourth-order valence-electron chi connectivity index (χ4n) is 5.51. The third-order valence-corrected chi connectivity index (χ3v) is 8.74. The molecule has 0 spiro atoms. The fraction of sp³-hybridized carbons (Fsp3) is 0. The van der Waals surface area contributed by atoms with Crippen molar-refractivity contribution in [3.05, 3.63) is 247 Å². The van der Waals surface area contributed by atoms with Gasteiger partial charge in [-0.05, 0) is 164 Å². The zero-order chi connectivity index (χ0) is 41.4. The molecule has 3 nitrogen and oxygen atoms in total. The minimum absolute atomic E-state index is 0.601. The predicted octanol–water partition coefficient (Wildman–Crippen LogP) is 9.70. The van der Waals surface area contributed by atoms with E-state index in [0.29, 0.717) is 16.7 Å². The van der Waals surface area contributed by atoms with E-state index in [0.717, 1.165) is 66.8 Å². The Morgan fingerprint density at radius 1 is 0.167 bits per heavy atom. The summed E-state index contributed by atoms with van der Waals surface area (Å²) >= 11 is 0. The zero-order valence-corrected chi connectivity index (χ0v) is 31.9. The van der Waals surface area contributed by atoms with Gasteiger partial charge in [-0.25, -0.2) is 0 Å². The SMILES string of the molecule is N#Cc1ccc(C#Cc2ccc(C#Cc3cc(C#Cc4ccc(C#Cc5ccc(C#N)cc5)cc4)cc(C#Cc4ccc(C#Cc5ccc(C#N)cc5)cc4)c3)cc2)cc1. The summed E-state index contributed by atoms with van der Waals surface area (Å²) in [6.45, 7) is 0. The van der Waals surface area contributed by atoms with Crippen molar-refractivity contribution in [2.24, 2.45) is 0 Å². The first-order valence-corrected chi connectivity index (χ1v) is 18.6. The van der Waals surface area contributed by atoms with Crippen molar-refractivity contribution in [2.75, 3.05) is 0 Å². The van der Waals surface area contributed by atoms with Gasteiger partial charge >= 0.3 is 0 Å². The summed E-state index contributed by atoms with van der Waals surface area (Å²) in [5.74, 6) is 38.6. The van der Waals surface area contributed by atoms with Crippen molar-refractivity contribution in [3.8, 4) is 89.3 Å². The molecule has 3 heteroatoms. The number of rotatable bonds is 0. The Labute approximate surface area is 350 Å². The van der Waals surface area contributed by atoms with Gasteiger partial charge in [0.1, 0.15) is 0 Å². The molecular formula is C57H27N3. The molecule has 0 unspecified atom stereocenters. The molecule has 60 heavy (non-hydrogen) atoms. The van der Waals surface area contributed by atoms with Gasteiger partial charge in [0.05, 0.1) is 34.9 Å². The van der Waals surface area contributed by atoms with Crippen LogP contribution >= 0.6 is 0 Å². The molecule has 0 aromatic heterocycles. The molecule has 0 aliphatic heterocycles. The summed E-state index contributed by atoms with van der Waals surface area (Å²) in [5.41, 5.74) is 11.7. The first-order chi connectivity index (χ1) is 29.5. The smallest absolute Gasteiger partial charge is 0.0991 e. The fourth-order valence-corrected chi connectivity index (χ4v) is 5.51. The van der Waals surface area contributed by atoms with E-state index in [1.54, 1.807) is 36.4 Å². The van der Waals surface area contributed by atoms with E-state index in [-0.39, 0.29) is 0 Å². The standard InChI is InChI=1S/C57H27N3/c58-40-52-28-19-49(20-29-52)16-7-43-1-10-46(11-2-43)25-34-55-37-56(35-26-47-12-3-44(4-13-47)8-17-50-21-30-53(41-59)31-22-50)39-57(38-55)36-27-48-14-5-45(6-15-48)9-18-51-23-32-54(42-60)33-24-51/h1-6,10-15,19-24,28-33,37-39H. The lowest BCUT2D eigenvalue weighted by Crippen LogP contribution is -1.86. The summed E-state index contributed by atoms with van der Waals surface area (Å²) in [7, 11) is 0. The van der Waals surface area contributed by atoms with Crippen molar-refractivity contribution < 1.29 is 0 Å². The van der Waals surface area contributed by atoms with E-state index in [1.807, 2.05) is 127 Å². The summed E-state index contributed by atoms with van der Waals surface area (Å²) < 4.78 is 0. The van der Waals surface area contributed by atoms with Gasteiger partial charge < -0.3 is 0 Å². The summed E-state index contributed by atoms with van der Waals surface area (Å²) in [6, 6.07) is 57.1. The Morgan fingerprint density at radius 3 is 0.417 bits per heavy atom. The summed E-state index contributed by atoms with van der Waals surface area (Å²) in [4.78, 5) is 0. The van der Waals surface area contributed by atoms with E-state index >= 15 is 0 Å². The zero-order valence-electron chi connectivity index (χ0n) is 31.9. The Bertz CT molecular complexity index is 2870. The highest BCUT2D eigenvalue weighted by atomic mass is 14.2. The molecule has 7 aromatic carbocycles. The van der Waals surface area contributed by atoms with Crippen LogP contribution in [0.3, 0.4) is 0 Å². The second-order valence-electron chi connectivity index (χ2n) is 13.1. The molecule has 0 fully saturated rings. The number of nitrogens with zero attached hydrogens (tertiary/aromatic N) is 3. The van der Waals surface area contributed by atoms with Crippen LogP contribution in [0.2, 0.25) is 0 Å². The van der Waals surface area contributed by atoms with Crippen LogP contribution in [-0.4, -0.2) is 0 Å². The van der Waals surface area contributed by atoms with Gasteiger partial charge in [-0.15, -0.1) is 0 Å². The van der Waals surface area contributed by atoms with Crippen LogP contribution in [0.1, 0.15) is 83.5 Å². The van der Waals surface area contributed by atoms with Crippen LogP contribution in [0.15, 0.2) is 164 Å². The highest BCUT2D eigenvalue weighted by molar-refractivity contribution is 5.57. The third-order valence-electron chi connectivity index (χ3n) is 8.74. The molecule has 7 aromatic rings. The molecule has 0 radical (unpaired) electrons. The van der Waals surface area contributed by atoms with Crippen molar-refractivity contribution in [2.45, 2.75) is 0 Å². The van der Waals surface area contributed by atoms with Gasteiger partial charge in [-0.3, -0.25) is 0 Å². The quantitative estimate of drug-likeness (QED) is 0.145. The Hall–Kier alpha value is -9.63. The normalized spacial score (nSPS) is 9.15. The summed E-state index contributed by atoms with van der Waals surface area (Å²) in [6.07, 6.45) is 0. The number of nitriles is 3. The monoisotopic (exact) mass is 753 g/mol. The average molecular weight is 754 g/mol. The van der Waals surface area contributed by atoms with E-state index in [4.69, 9.17) is 15.8 Å². The molecule has 0 bridgehead atoms. The highest BCUT2D eigenvalue weighted by Gasteiger charge is 1.99. The Morgan fingerprint density at radius 2 is 0.283 bits per heavy atom. The maximum atomic E-state index is 9.03. The van der Waals surface area contributed by atoms with E-state index < -0.39 is 0 Å². The minimum atomic E-state index is 0.601. The van der Waals surface area contributed by atoms with E-state index in [2.05, 4.69) is 89.3 Å². The van der Waals surface area contributed by atoms with Gasteiger partial charge in [0, 0.05) is 66.8 Å². The van der Waals surface area contributed by atoms with Crippen molar-refractivity contribution in [3.63, 3.8) is 0 Å². The molecule has 0 saturated carbocycles. The first kappa shape index (κ1) is 38.6. The second kappa shape index (κ2) is 19.3. The van der Waals surface area contributed by atoms with Crippen molar-refractivity contribution in [1.29, 1.82) is 15.8 Å². The van der Waals surface area contributed by atoms with Crippen molar-refractivity contribution in [1.82, 2.24) is 0 Å². The van der Waals surface area contributed by atoms with Gasteiger partial charge in [0.2, 0.25) is 0 Å². The minimum Gasteiger partial charge on any atom is -0.192 e. The van der Waals surface area contributed by atoms with Crippen LogP contribution in [-0.2, 0) is 0 Å². The molecule has 7 rings (SSSR count). The molecule has 0 N–H and O–H groups in total. The Balaban J connectivity index is 1.11. The molecule has 0 aliphatic rings. The molecule has 270 valence electrons. The Kier molecular flexibility index (Phi) is 12.4. The molecule has 0 amide bonds. The largest absolute Gasteiger partial charge is 0.192 e. The number of hydrogen-bond acceptors (Lipinski definition) is 3. The second-order valence-corrected chi connectivity index (χ2v) is 13.1. The lowest BCUT2D eigenvalue weighted by Gasteiger charge is -1.98. The maximum Gasteiger partial charge on any atom is 0.0991 e. The van der Waals surface area contributed by atoms with Gasteiger partial charge in [-0.2, -0.15) is 15.8 Å². The molecular weight excluding hydrogens is 727 g/mol. The average Bonchev–Trinajstić information content (AvgIpc) is 3.31. The van der Waals surface area contributed by atoms with Gasteiger partial charge in [0.15, 0.2) is 0 Å². The molecule has 0 atom stereocenters. The van der Waals surface area contributed by atoms with Crippen LogP contribution in [0.4, 0.5) is 0 Å². The van der Waals surface area contributed by atoms with Crippen molar-refractivity contribution >= 4 is 0 Å². The first-order valence-electron chi connectivity index (χ1n) is 18.6. The van der Waals surface area contributed by atoms with Crippen LogP contribution in [0.25, 0.3) is 0 Å². The summed E-state index contributed by atoms with van der Waals surface area (Å²) in [5, 5.41) is 27.1. The van der Waals surface area contributed by atoms with Crippen LogP contribution < -0.4 is 0 Å². The molecule has 0 saturated heterocycles. The lowest BCUT2D eigenvalue weighted by molar-refractivity contribution is 1.48. The lowest BCUT2D eigenvalue weighted by atomic mass is 10.0. The molecule has 0 aliphatic carbocycles. The molecule has 0 heterocycles. The topological polar surface area (TPSA) is 71.4 Å².